The largest absolute Gasteiger partial charge is 0.457 e. The van der Waals surface area contributed by atoms with Crippen LogP contribution < -0.4 is 0 Å². The van der Waals surface area contributed by atoms with Crippen LogP contribution in [0.2, 0.25) is 0 Å². The molecule has 0 radical (unpaired) electrons. The van der Waals surface area contributed by atoms with E-state index >= 15 is 0 Å². The number of rotatable bonds is 1. The molecule has 1 heterocycles. The molecule has 1 aliphatic heterocycles. The molecule has 0 saturated carbocycles. The van der Waals surface area contributed by atoms with Crippen molar-refractivity contribution in [3.63, 3.8) is 0 Å². The lowest BCUT2D eigenvalue weighted by Gasteiger charge is -2.26. The van der Waals surface area contributed by atoms with E-state index in [-0.39, 0.29) is 24.2 Å². The minimum atomic E-state index is -0.416. The van der Waals surface area contributed by atoms with Crippen molar-refractivity contribution in [1.29, 1.82) is 0 Å². The quantitative estimate of drug-likeness (QED) is 0.347. The number of carbonyl (C=O) groups is 2. The van der Waals surface area contributed by atoms with Crippen molar-refractivity contribution in [3.05, 3.63) is 12.2 Å². The highest BCUT2D eigenvalue weighted by Crippen LogP contribution is 2.36. The second-order valence-corrected chi connectivity index (χ2v) is 3.41. The van der Waals surface area contributed by atoms with Crippen LogP contribution in [0.3, 0.4) is 0 Å². The van der Waals surface area contributed by atoms with Crippen LogP contribution in [0.4, 0.5) is 0 Å². The molecule has 12 heavy (non-hydrogen) atoms. The van der Waals surface area contributed by atoms with Crippen LogP contribution in [-0.4, -0.2) is 17.3 Å². The van der Waals surface area contributed by atoms with Crippen molar-refractivity contribution in [2.75, 3.05) is 0 Å². The zero-order valence-corrected chi connectivity index (χ0v) is 6.95. The van der Waals surface area contributed by atoms with Gasteiger partial charge in [0.05, 0.1) is 12.3 Å². The van der Waals surface area contributed by atoms with Gasteiger partial charge >= 0.3 is 5.97 Å². The highest BCUT2D eigenvalue weighted by Gasteiger charge is 2.43. The van der Waals surface area contributed by atoms with Gasteiger partial charge in [0.25, 0.3) is 0 Å². The van der Waals surface area contributed by atoms with Gasteiger partial charge in [0.1, 0.15) is 6.10 Å². The van der Waals surface area contributed by atoms with Gasteiger partial charge < -0.3 is 4.74 Å². The van der Waals surface area contributed by atoms with Gasteiger partial charge in [-0.1, -0.05) is 6.08 Å². The summed E-state index contributed by atoms with van der Waals surface area (Å²) in [4.78, 5) is 21.8. The zero-order chi connectivity index (χ0) is 8.72. The van der Waals surface area contributed by atoms with E-state index in [9.17, 15) is 9.59 Å². The summed E-state index contributed by atoms with van der Waals surface area (Å²) < 4.78 is 4.92. The number of hydrogen-bond acceptors (Lipinski definition) is 3. The predicted molar refractivity (Wildman–Crippen MR) is 41.5 cm³/mol. The minimum absolute atomic E-state index is 0.0405. The summed E-state index contributed by atoms with van der Waals surface area (Å²) in [5.41, 5.74) is 0. The SMILES string of the molecule is O=C1CC2C=CC(O1)C2C(=O)Cl. The van der Waals surface area contributed by atoms with Crippen LogP contribution in [0.25, 0.3) is 0 Å². The van der Waals surface area contributed by atoms with Crippen molar-refractivity contribution in [3.8, 4) is 0 Å². The smallest absolute Gasteiger partial charge is 0.307 e. The average Bonchev–Trinajstić information content (AvgIpc) is 2.24. The predicted octanol–water partition coefficient (Wildman–Crippen LogP) is 0.869. The molecule has 1 aliphatic carbocycles. The third-order valence-electron chi connectivity index (χ3n) is 2.30. The molecule has 0 N–H and O–H groups in total. The second kappa shape index (κ2) is 2.59. The molecular weight excluding hydrogens is 180 g/mol. The van der Waals surface area contributed by atoms with Crippen molar-refractivity contribution < 1.29 is 14.3 Å². The molecule has 0 spiro atoms. The first-order chi connectivity index (χ1) is 5.68. The van der Waals surface area contributed by atoms with Crippen molar-refractivity contribution in [2.45, 2.75) is 12.5 Å². The van der Waals surface area contributed by atoms with Crippen LogP contribution >= 0.6 is 11.6 Å². The lowest BCUT2D eigenvalue weighted by atomic mass is 9.90. The van der Waals surface area contributed by atoms with Gasteiger partial charge in [0, 0.05) is 5.92 Å². The van der Waals surface area contributed by atoms with E-state index < -0.39 is 11.3 Å². The molecule has 3 unspecified atom stereocenters. The summed E-state index contributed by atoms with van der Waals surface area (Å²) in [7, 11) is 0. The Hall–Kier alpha value is -0.830. The maximum atomic E-state index is 10.9. The molecule has 1 saturated heterocycles. The van der Waals surface area contributed by atoms with E-state index in [2.05, 4.69) is 0 Å². The molecule has 1 fully saturated rings. The third-order valence-corrected chi connectivity index (χ3v) is 2.55. The van der Waals surface area contributed by atoms with Crippen LogP contribution in [0, 0.1) is 11.8 Å². The first-order valence-electron chi connectivity index (χ1n) is 3.75. The van der Waals surface area contributed by atoms with Gasteiger partial charge in [-0.25, -0.2) is 0 Å². The molecule has 64 valence electrons. The molecule has 2 aliphatic rings. The highest BCUT2D eigenvalue weighted by atomic mass is 35.5. The van der Waals surface area contributed by atoms with E-state index in [1.165, 1.54) is 0 Å². The number of carbonyl (C=O) groups excluding carboxylic acids is 2. The number of ether oxygens (including phenoxy) is 1. The summed E-state index contributed by atoms with van der Waals surface area (Å²) in [6.45, 7) is 0. The van der Waals surface area contributed by atoms with Gasteiger partial charge in [-0.05, 0) is 17.7 Å². The van der Waals surface area contributed by atoms with Crippen LogP contribution in [0.15, 0.2) is 12.2 Å². The topological polar surface area (TPSA) is 43.4 Å². The van der Waals surface area contributed by atoms with E-state index in [0.29, 0.717) is 0 Å². The lowest BCUT2D eigenvalue weighted by Crippen LogP contribution is -2.36. The Bertz CT molecular complexity index is 253. The molecule has 4 heteroatoms. The zero-order valence-electron chi connectivity index (χ0n) is 6.20. The summed E-state index contributed by atoms with van der Waals surface area (Å²) >= 11 is 5.36. The van der Waals surface area contributed by atoms with Gasteiger partial charge in [-0.2, -0.15) is 0 Å². The third kappa shape index (κ3) is 1.05. The Kier molecular flexibility index (Phi) is 1.68. The maximum absolute atomic E-state index is 10.9. The first kappa shape index (κ1) is 7.80. The fraction of sp³-hybridized carbons (Fsp3) is 0.500. The fourth-order valence-electron chi connectivity index (χ4n) is 1.73. The second-order valence-electron chi connectivity index (χ2n) is 3.04. The Balaban J connectivity index is 2.23. The number of hydrogen-bond donors (Lipinski definition) is 0. The molecule has 0 aromatic rings. The lowest BCUT2D eigenvalue weighted by molar-refractivity contribution is -0.156. The van der Waals surface area contributed by atoms with Gasteiger partial charge in [-0.15, -0.1) is 0 Å². The molecule has 0 aromatic carbocycles. The highest BCUT2D eigenvalue weighted by molar-refractivity contribution is 6.64. The summed E-state index contributed by atoms with van der Waals surface area (Å²) in [6.07, 6.45) is 3.43. The summed E-state index contributed by atoms with van der Waals surface area (Å²) in [5, 5.41) is -0.414. The number of allylic oxidation sites excluding steroid dienone is 1. The number of halogens is 1. The van der Waals surface area contributed by atoms with E-state index in [0.717, 1.165) is 0 Å². The van der Waals surface area contributed by atoms with Crippen LogP contribution in [0.5, 0.6) is 0 Å². The Labute approximate surface area is 74.3 Å². The Morgan fingerprint density at radius 3 is 2.92 bits per heavy atom. The average molecular weight is 187 g/mol. The summed E-state index contributed by atoms with van der Waals surface area (Å²) in [6, 6.07) is 0. The van der Waals surface area contributed by atoms with E-state index in [4.69, 9.17) is 16.3 Å². The molecule has 2 bridgehead atoms. The van der Waals surface area contributed by atoms with Crippen molar-refractivity contribution in [1.82, 2.24) is 0 Å². The van der Waals surface area contributed by atoms with Crippen LogP contribution in [-0.2, 0) is 14.3 Å². The normalized spacial score (nSPS) is 38.1. The number of fused-ring (bicyclic) bond motifs is 2. The van der Waals surface area contributed by atoms with Crippen molar-refractivity contribution in [2.24, 2.45) is 11.8 Å². The summed E-state index contributed by atoms with van der Waals surface area (Å²) in [5.74, 6) is -0.630. The standard InChI is InChI=1S/C8H7ClO3/c9-8(11)7-4-1-2-5(7)12-6(10)3-4/h1-2,4-5,7H,3H2. The molecule has 2 rings (SSSR count). The van der Waals surface area contributed by atoms with Gasteiger partial charge in [-0.3, -0.25) is 9.59 Å². The monoisotopic (exact) mass is 186 g/mol. The van der Waals surface area contributed by atoms with Crippen LogP contribution in [0.1, 0.15) is 6.42 Å². The minimum Gasteiger partial charge on any atom is -0.457 e. The Morgan fingerprint density at radius 1 is 1.58 bits per heavy atom. The van der Waals surface area contributed by atoms with E-state index in [1.807, 2.05) is 6.08 Å². The number of esters is 1. The fourth-order valence-corrected chi connectivity index (χ4v) is 2.02. The molecule has 0 amide bonds. The molecule has 3 nitrogen and oxygen atoms in total. The molecule has 0 aromatic heterocycles. The molecular formula is C8H7ClO3. The van der Waals surface area contributed by atoms with Gasteiger partial charge in [0.15, 0.2) is 0 Å². The van der Waals surface area contributed by atoms with Crippen molar-refractivity contribution >= 4 is 22.8 Å². The first-order valence-corrected chi connectivity index (χ1v) is 4.13. The Morgan fingerprint density at radius 2 is 2.33 bits per heavy atom. The van der Waals surface area contributed by atoms with Gasteiger partial charge in [0.2, 0.25) is 5.24 Å². The van der Waals surface area contributed by atoms with E-state index in [1.54, 1.807) is 6.08 Å². The maximum Gasteiger partial charge on any atom is 0.307 e. The molecule has 3 atom stereocenters.